The van der Waals surface area contributed by atoms with E-state index in [1.165, 1.54) is 4.68 Å². The van der Waals surface area contributed by atoms with Crippen molar-refractivity contribution in [1.29, 1.82) is 0 Å². The van der Waals surface area contributed by atoms with Crippen LogP contribution in [0.3, 0.4) is 0 Å². The summed E-state index contributed by atoms with van der Waals surface area (Å²) < 4.78 is 1.37. The number of carboxylic acid groups (broad SMARTS) is 1. The van der Waals surface area contributed by atoms with Gasteiger partial charge < -0.3 is 10.0 Å². The number of carbonyl (C=O) groups excluding carboxylic acids is 1. The van der Waals surface area contributed by atoms with Crippen LogP contribution in [0.4, 0.5) is 11.4 Å². The van der Waals surface area contributed by atoms with Crippen LogP contribution < -0.4 is 21.2 Å². The zero-order valence-electron chi connectivity index (χ0n) is 18.6. The van der Waals surface area contributed by atoms with Crippen LogP contribution in [0.2, 0.25) is 0 Å². The van der Waals surface area contributed by atoms with Gasteiger partial charge >= 0.3 is 5.97 Å². The molecule has 2 aromatic carbocycles. The number of carboxylic acids is 1. The zero-order valence-corrected chi connectivity index (χ0v) is 18.6. The standard InChI is InChI=1S/C25H23N5O4/c1-15-21-23(28-30(25(21)34)18-7-3-2-4-8-18)27-24(33)22(15)26-17-9-10-19-16(14-17)6-5-12-29(19)13-11-20(31)32/h2-4,7-10,14H,5-6,11-13H2,1H3,(H,31,32)(H,27,28,33). The summed E-state index contributed by atoms with van der Waals surface area (Å²) in [5, 5.41) is 12.3. The van der Waals surface area contributed by atoms with E-state index < -0.39 is 11.9 Å². The van der Waals surface area contributed by atoms with E-state index in [2.05, 4.69) is 20.0 Å². The van der Waals surface area contributed by atoms with Crippen LogP contribution in [0.5, 0.6) is 0 Å². The summed E-state index contributed by atoms with van der Waals surface area (Å²) in [4.78, 5) is 47.6. The monoisotopic (exact) mass is 457 g/mol. The number of aromatic nitrogens is 2. The van der Waals surface area contributed by atoms with E-state index >= 15 is 0 Å². The molecule has 0 unspecified atom stereocenters. The van der Waals surface area contributed by atoms with Gasteiger partial charge in [-0.1, -0.05) is 18.2 Å². The Labute approximate surface area is 194 Å². The van der Waals surface area contributed by atoms with E-state index in [9.17, 15) is 14.4 Å². The Hall–Kier alpha value is -4.27. The van der Waals surface area contributed by atoms with Crippen molar-refractivity contribution in [1.82, 2.24) is 9.78 Å². The fraction of sp³-hybridized carbons (Fsp3) is 0.240. The Kier molecular flexibility index (Phi) is 5.45. The van der Waals surface area contributed by atoms with Gasteiger partial charge in [0.15, 0.2) is 5.49 Å². The second-order valence-electron chi connectivity index (χ2n) is 8.36. The number of rotatable bonds is 5. The summed E-state index contributed by atoms with van der Waals surface area (Å²) in [6.45, 7) is 2.97. The third-order valence-electron chi connectivity index (χ3n) is 6.15. The van der Waals surface area contributed by atoms with Gasteiger partial charge in [-0.3, -0.25) is 19.5 Å². The average molecular weight is 457 g/mol. The maximum absolute atomic E-state index is 13.1. The highest BCUT2D eigenvalue weighted by molar-refractivity contribution is 6.54. The molecule has 0 radical (unpaired) electrons. The Morgan fingerprint density at radius 3 is 2.74 bits per heavy atom. The molecule has 2 aliphatic heterocycles. The molecule has 2 N–H and O–H groups in total. The maximum atomic E-state index is 13.1. The summed E-state index contributed by atoms with van der Waals surface area (Å²) in [6.07, 6.45) is 1.84. The van der Waals surface area contributed by atoms with Crippen molar-refractivity contribution in [3.63, 3.8) is 0 Å². The highest BCUT2D eigenvalue weighted by Crippen LogP contribution is 2.31. The molecule has 0 saturated heterocycles. The first kappa shape index (κ1) is 21.6. The molecule has 0 spiro atoms. The molecular weight excluding hydrogens is 434 g/mol. The minimum Gasteiger partial charge on any atom is -0.481 e. The molecule has 0 bridgehead atoms. The van der Waals surface area contributed by atoms with Crippen LogP contribution in [0.25, 0.3) is 11.3 Å². The van der Waals surface area contributed by atoms with Crippen LogP contribution in [-0.4, -0.2) is 45.6 Å². The normalized spacial score (nSPS) is 16.3. The molecule has 9 nitrogen and oxygen atoms in total. The second kappa shape index (κ2) is 8.58. The van der Waals surface area contributed by atoms with Gasteiger partial charge in [-0.25, -0.2) is 9.67 Å². The van der Waals surface area contributed by atoms with Gasteiger partial charge in [0.2, 0.25) is 0 Å². The molecule has 3 heterocycles. The number of nitrogens with zero attached hydrogens (tertiary/aromatic N) is 4. The number of anilines is 1. The van der Waals surface area contributed by atoms with Crippen molar-refractivity contribution in [3.8, 4) is 5.69 Å². The number of aliphatic imine (C=N–C) groups is 1. The molecule has 34 heavy (non-hydrogen) atoms. The van der Waals surface area contributed by atoms with Crippen LogP contribution >= 0.6 is 0 Å². The highest BCUT2D eigenvalue weighted by atomic mass is 16.4. The van der Waals surface area contributed by atoms with Crippen molar-refractivity contribution in [2.24, 2.45) is 9.98 Å². The van der Waals surface area contributed by atoms with Gasteiger partial charge in [-0.15, -0.1) is 0 Å². The van der Waals surface area contributed by atoms with E-state index in [1.807, 2.05) is 30.3 Å². The highest BCUT2D eigenvalue weighted by Gasteiger charge is 2.23. The lowest BCUT2D eigenvalue weighted by molar-refractivity contribution is -0.136. The van der Waals surface area contributed by atoms with E-state index in [4.69, 9.17) is 5.11 Å². The topological polar surface area (TPSA) is 120 Å². The molecule has 0 atom stereocenters. The number of amides is 1. The van der Waals surface area contributed by atoms with E-state index in [0.717, 1.165) is 30.6 Å². The number of aromatic amines is 1. The minimum absolute atomic E-state index is 0.0765. The van der Waals surface area contributed by atoms with Gasteiger partial charge in [0.1, 0.15) is 5.71 Å². The second-order valence-corrected chi connectivity index (χ2v) is 8.36. The molecule has 1 aromatic heterocycles. The predicted octanol–water partition coefficient (Wildman–Crippen LogP) is 1.50. The summed E-state index contributed by atoms with van der Waals surface area (Å²) in [7, 11) is 0. The van der Waals surface area contributed by atoms with Crippen LogP contribution in [0.15, 0.2) is 63.3 Å². The van der Waals surface area contributed by atoms with Crippen molar-refractivity contribution in [2.45, 2.75) is 26.2 Å². The number of aryl methyl sites for hydroxylation is 1. The SMILES string of the molecule is CC1=c2c([nH]n(-c3ccccc3)c2=O)=NC(=O)C1=Nc1ccc2c(c1)CCCN2CCC(=O)O. The lowest BCUT2D eigenvalue weighted by Gasteiger charge is -2.31. The number of benzene rings is 2. The molecule has 3 aromatic rings. The van der Waals surface area contributed by atoms with Crippen molar-refractivity contribution in [2.75, 3.05) is 18.0 Å². The molecule has 9 heteroatoms. The molecule has 1 amide bonds. The molecule has 2 aliphatic rings. The third kappa shape index (κ3) is 3.85. The molecule has 5 rings (SSSR count). The summed E-state index contributed by atoms with van der Waals surface area (Å²) in [5.74, 6) is -1.33. The lowest BCUT2D eigenvalue weighted by atomic mass is 10.0. The smallest absolute Gasteiger partial charge is 0.305 e. The summed E-state index contributed by atoms with van der Waals surface area (Å²) >= 11 is 0. The van der Waals surface area contributed by atoms with E-state index in [0.29, 0.717) is 28.7 Å². The van der Waals surface area contributed by atoms with Gasteiger partial charge in [0, 0.05) is 18.8 Å². The quantitative estimate of drug-likeness (QED) is 0.602. The van der Waals surface area contributed by atoms with E-state index in [1.54, 1.807) is 25.1 Å². The Balaban J connectivity index is 1.54. The van der Waals surface area contributed by atoms with E-state index in [-0.39, 0.29) is 23.2 Å². The number of H-pyrrole nitrogens is 1. The number of hydrogen-bond acceptors (Lipinski definition) is 5. The van der Waals surface area contributed by atoms with Crippen molar-refractivity contribution in [3.05, 3.63) is 75.2 Å². The largest absolute Gasteiger partial charge is 0.481 e. The lowest BCUT2D eigenvalue weighted by Crippen LogP contribution is -2.43. The van der Waals surface area contributed by atoms with Crippen LogP contribution in [0.1, 0.15) is 25.3 Å². The van der Waals surface area contributed by atoms with Crippen molar-refractivity contribution >= 4 is 34.5 Å². The minimum atomic E-state index is -0.823. The summed E-state index contributed by atoms with van der Waals surface area (Å²) in [5.41, 5.74) is 3.86. The van der Waals surface area contributed by atoms with Gasteiger partial charge in [-0.2, -0.15) is 4.99 Å². The average Bonchev–Trinajstić information content (AvgIpc) is 3.16. The number of fused-ring (bicyclic) bond motifs is 2. The fourth-order valence-electron chi connectivity index (χ4n) is 4.49. The fourth-order valence-corrected chi connectivity index (χ4v) is 4.49. The zero-order chi connectivity index (χ0) is 23.8. The first-order valence-corrected chi connectivity index (χ1v) is 11.1. The van der Waals surface area contributed by atoms with Gasteiger partial charge in [0.25, 0.3) is 11.5 Å². The van der Waals surface area contributed by atoms with Crippen LogP contribution in [0, 0.1) is 0 Å². The Bertz CT molecular complexity index is 1510. The van der Waals surface area contributed by atoms with Crippen LogP contribution in [-0.2, 0) is 16.0 Å². The number of carbonyl (C=O) groups is 2. The molecule has 0 saturated carbocycles. The number of aliphatic carboxylic acids is 1. The molecule has 0 fully saturated rings. The number of para-hydroxylation sites is 1. The Morgan fingerprint density at radius 2 is 1.97 bits per heavy atom. The number of nitrogens with one attached hydrogen (secondary N) is 1. The predicted molar refractivity (Wildman–Crippen MR) is 128 cm³/mol. The third-order valence-corrected chi connectivity index (χ3v) is 6.15. The molecular formula is C25H23N5O4. The molecule has 172 valence electrons. The first-order valence-electron chi connectivity index (χ1n) is 11.1. The molecule has 0 aliphatic carbocycles. The summed E-state index contributed by atoms with van der Waals surface area (Å²) in [6, 6.07) is 14.7. The number of hydrogen-bond donors (Lipinski definition) is 2. The van der Waals surface area contributed by atoms with Crippen molar-refractivity contribution < 1.29 is 14.7 Å². The first-order chi connectivity index (χ1) is 16.4. The maximum Gasteiger partial charge on any atom is 0.305 e. The van der Waals surface area contributed by atoms with Gasteiger partial charge in [-0.05, 0) is 61.2 Å². The Morgan fingerprint density at radius 1 is 1.18 bits per heavy atom. The van der Waals surface area contributed by atoms with Gasteiger partial charge in [0.05, 0.1) is 23.0 Å².